The lowest BCUT2D eigenvalue weighted by atomic mass is 10.4. The van der Waals surface area contributed by atoms with Crippen LogP contribution in [0.25, 0.3) is 0 Å². The Kier molecular flexibility index (Phi) is 1.63. The highest BCUT2D eigenvalue weighted by atomic mass is 15.5. The molecule has 0 atom stereocenters. The molecule has 0 aromatic carbocycles. The Hall–Kier alpha value is -1.44. The zero-order chi connectivity index (χ0) is 7.56. The maximum Gasteiger partial charge on any atom is 0.253 e. The van der Waals surface area contributed by atoms with Crippen LogP contribution in [0, 0.1) is 11.3 Å². The molecule has 0 amide bonds. The lowest BCUT2D eigenvalue weighted by molar-refractivity contribution is 0.509. The molecule has 1 aromatic rings. The summed E-state index contributed by atoms with van der Waals surface area (Å²) in [7, 11) is 0. The van der Waals surface area contributed by atoms with Crippen molar-refractivity contribution in [2.45, 2.75) is 19.9 Å². The minimum Gasteiger partial charge on any atom is -0.214 e. The standard InChI is InChI=1S/C5H7N5/c1-4(2)10-5(3-6)7-8-9-10/h4H,1-2H3. The van der Waals surface area contributed by atoms with Crippen molar-refractivity contribution < 1.29 is 0 Å². The molecule has 0 saturated carbocycles. The second-order valence-electron chi connectivity index (χ2n) is 2.15. The van der Waals surface area contributed by atoms with E-state index in [4.69, 9.17) is 5.26 Å². The topological polar surface area (TPSA) is 67.4 Å². The summed E-state index contributed by atoms with van der Waals surface area (Å²) < 4.78 is 1.47. The Bertz CT molecular complexity index is 255. The van der Waals surface area contributed by atoms with E-state index in [0.717, 1.165) is 0 Å². The van der Waals surface area contributed by atoms with E-state index in [9.17, 15) is 0 Å². The van der Waals surface area contributed by atoms with E-state index in [1.165, 1.54) is 4.68 Å². The molecule has 0 unspecified atom stereocenters. The van der Waals surface area contributed by atoms with Gasteiger partial charge in [0.25, 0.3) is 5.82 Å². The number of nitriles is 1. The van der Waals surface area contributed by atoms with Crippen molar-refractivity contribution in [1.29, 1.82) is 5.26 Å². The van der Waals surface area contributed by atoms with Crippen LogP contribution in [0.4, 0.5) is 0 Å². The highest BCUT2D eigenvalue weighted by molar-refractivity contribution is 5.06. The maximum absolute atomic E-state index is 8.44. The second kappa shape index (κ2) is 2.43. The van der Waals surface area contributed by atoms with Gasteiger partial charge in [0.05, 0.1) is 6.04 Å². The van der Waals surface area contributed by atoms with Gasteiger partial charge >= 0.3 is 0 Å². The molecule has 0 bridgehead atoms. The second-order valence-corrected chi connectivity index (χ2v) is 2.15. The minimum absolute atomic E-state index is 0.143. The SMILES string of the molecule is CC(C)n1nnnc1C#N. The summed E-state index contributed by atoms with van der Waals surface area (Å²) in [6.07, 6.45) is 0. The fourth-order valence-electron chi connectivity index (χ4n) is 0.615. The van der Waals surface area contributed by atoms with Crippen LogP contribution >= 0.6 is 0 Å². The van der Waals surface area contributed by atoms with Crippen LogP contribution in [0.15, 0.2) is 0 Å². The van der Waals surface area contributed by atoms with E-state index in [1.807, 2.05) is 19.9 Å². The van der Waals surface area contributed by atoms with Gasteiger partial charge in [0, 0.05) is 0 Å². The van der Waals surface area contributed by atoms with Gasteiger partial charge in [0.15, 0.2) is 0 Å². The van der Waals surface area contributed by atoms with Gasteiger partial charge in [-0.25, -0.2) is 4.68 Å². The maximum atomic E-state index is 8.44. The monoisotopic (exact) mass is 137 g/mol. The molecule has 1 heterocycles. The predicted molar refractivity (Wildman–Crippen MR) is 32.9 cm³/mol. The average Bonchev–Trinajstić information content (AvgIpc) is 2.33. The first kappa shape index (κ1) is 6.68. The van der Waals surface area contributed by atoms with Gasteiger partial charge in [-0.15, -0.1) is 0 Å². The molecule has 0 saturated heterocycles. The van der Waals surface area contributed by atoms with E-state index in [0.29, 0.717) is 0 Å². The lowest BCUT2D eigenvalue weighted by Crippen LogP contribution is -2.05. The molecule has 5 nitrogen and oxygen atoms in total. The number of aromatic nitrogens is 4. The molecular formula is C5H7N5. The summed E-state index contributed by atoms with van der Waals surface area (Å²) in [6.45, 7) is 3.83. The normalized spacial score (nSPS) is 9.80. The van der Waals surface area contributed by atoms with Crippen molar-refractivity contribution in [2.24, 2.45) is 0 Å². The van der Waals surface area contributed by atoms with Crippen LogP contribution in [0.1, 0.15) is 25.7 Å². The summed E-state index contributed by atoms with van der Waals surface area (Å²) in [5, 5.41) is 18.9. The van der Waals surface area contributed by atoms with Gasteiger partial charge in [-0.1, -0.05) is 5.10 Å². The largest absolute Gasteiger partial charge is 0.253 e. The van der Waals surface area contributed by atoms with Gasteiger partial charge in [-0.2, -0.15) is 5.26 Å². The molecule has 10 heavy (non-hydrogen) atoms. The van der Waals surface area contributed by atoms with Crippen LogP contribution in [-0.4, -0.2) is 20.2 Å². The molecule has 0 radical (unpaired) electrons. The van der Waals surface area contributed by atoms with E-state index in [-0.39, 0.29) is 11.9 Å². The Balaban J connectivity index is 3.05. The Morgan fingerprint density at radius 1 is 1.60 bits per heavy atom. The van der Waals surface area contributed by atoms with Crippen LogP contribution < -0.4 is 0 Å². The first-order chi connectivity index (χ1) is 4.75. The number of nitrogens with zero attached hydrogens (tertiary/aromatic N) is 5. The van der Waals surface area contributed by atoms with Crippen molar-refractivity contribution in [3.63, 3.8) is 0 Å². The predicted octanol–water partition coefficient (Wildman–Crippen LogP) is 0.126. The number of hydrogen-bond donors (Lipinski definition) is 0. The molecule has 0 aliphatic heterocycles. The molecule has 52 valence electrons. The smallest absolute Gasteiger partial charge is 0.214 e. The van der Waals surface area contributed by atoms with Crippen LogP contribution in [0.2, 0.25) is 0 Å². The number of tetrazole rings is 1. The Labute approximate surface area is 58.3 Å². The average molecular weight is 137 g/mol. The third-order valence-corrected chi connectivity index (χ3v) is 1.08. The molecule has 5 heteroatoms. The van der Waals surface area contributed by atoms with Crippen molar-refractivity contribution in [2.75, 3.05) is 0 Å². The third kappa shape index (κ3) is 0.957. The van der Waals surface area contributed by atoms with Gasteiger partial charge in [0.2, 0.25) is 0 Å². The summed E-state index contributed by atoms with van der Waals surface area (Å²) in [5.41, 5.74) is 0. The quantitative estimate of drug-likeness (QED) is 0.551. The first-order valence-electron chi connectivity index (χ1n) is 2.93. The fourth-order valence-corrected chi connectivity index (χ4v) is 0.615. The number of rotatable bonds is 1. The molecule has 1 rings (SSSR count). The van der Waals surface area contributed by atoms with E-state index in [1.54, 1.807) is 0 Å². The van der Waals surface area contributed by atoms with Gasteiger partial charge in [-0.3, -0.25) is 0 Å². The van der Waals surface area contributed by atoms with E-state index >= 15 is 0 Å². The van der Waals surface area contributed by atoms with Crippen molar-refractivity contribution in [3.8, 4) is 6.07 Å². The Morgan fingerprint density at radius 2 is 2.30 bits per heavy atom. The van der Waals surface area contributed by atoms with E-state index < -0.39 is 0 Å². The molecule has 0 spiro atoms. The highest BCUT2D eigenvalue weighted by Gasteiger charge is 2.06. The van der Waals surface area contributed by atoms with E-state index in [2.05, 4.69) is 15.5 Å². The van der Waals surface area contributed by atoms with Gasteiger partial charge < -0.3 is 0 Å². The van der Waals surface area contributed by atoms with Gasteiger partial charge in [-0.05, 0) is 24.3 Å². The molecule has 0 N–H and O–H groups in total. The summed E-state index contributed by atoms with van der Waals surface area (Å²) >= 11 is 0. The zero-order valence-corrected chi connectivity index (χ0v) is 5.81. The van der Waals surface area contributed by atoms with Crippen molar-refractivity contribution in [1.82, 2.24) is 20.2 Å². The van der Waals surface area contributed by atoms with Crippen LogP contribution in [0.3, 0.4) is 0 Å². The summed E-state index contributed by atoms with van der Waals surface area (Å²) in [6, 6.07) is 2.03. The third-order valence-electron chi connectivity index (χ3n) is 1.08. The summed E-state index contributed by atoms with van der Waals surface area (Å²) in [5.74, 6) is 0.259. The molecule has 0 fully saturated rings. The minimum atomic E-state index is 0.143. The number of hydrogen-bond acceptors (Lipinski definition) is 4. The van der Waals surface area contributed by atoms with Gasteiger partial charge in [0.1, 0.15) is 6.07 Å². The Morgan fingerprint density at radius 3 is 2.70 bits per heavy atom. The molecule has 1 aromatic heterocycles. The van der Waals surface area contributed by atoms with Crippen LogP contribution in [-0.2, 0) is 0 Å². The fraction of sp³-hybridized carbons (Fsp3) is 0.600. The zero-order valence-electron chi connectivity index (χ0n) is 5.81. The van der Waals surface area contributed by atoms with Crippen molar-refractivity contribution in [3.05, 3.63) is 5.82 Å². The first-order valence-corrected chi connectivity index (χ1v) is 2.93. The molecular weight excluding hydrogens is 130 g/mol. The lowest BCUT2D eigenvalue weighted by Gasteiger charge is -2.01. The van der Waals surface area contributed by atoms with Crippen molar-refractivity contribution >= 4 is 0 Å². The highest BCUT2D eigenvalue weighted by Crippen LogP contribution is 2.01. The van der Waals surface area contributed by atoms with Crippen LogP contribution in [0.5, 0.6) is 0 Å². The summed E-state index contributed by atoms with van der Waals surface area (Å²) in [4.78, 5) is 0. The molecule has 0 aliphatic carbocycles. The molecule has 0 aliphatic rings.